The van der Waals surface area contributed by atoms with E-state index < -0.39 is 35.3 Å². The number of amides is 2. The summed E-state index contributed by atoms with van der Waals surface area (Å²) < 4.78 is 37.8. The van der Waals surface area contributed by atoms with E-state index in [0.717, 1.165) is 12.1 Å². The topological polar surface area (TPSA) is 98.2 Å². The second kappa shape index (κ2) is 5.17. The normalized spacial score (nSPS) is 12.8. The molecule has 19 heavy (non-hydrogen) atoms. The van der Waals surface area contributed by atoms with Gasteiger partial charge in [-0.15, -0.1) is 0 Å². The fourth-order valence-corrected chi connectivity index (χ4v) is 1.29. The molecule has 0 radical (unpaired) electrons. The molecule has 8 heteroatoms. The minimum Gasteiger partial charge on any atom is -0.398 e. The minimum atomic E-state index is -4.66. The van der Waals surface area contributed by atoms with Crippen molar-refractivity contribution >= 4 is 17.5 Å². The Labute approximate surface area is 106 Å². The Hall–Kier alpha value is -2.25. The molecule has 1 unspecified atom stereocenters. The van der Waals surface area contributed by atoms with E-state index in [1.807, 2.05) is 0 Å². The summed E-state index contributed by atoms with van der Waals surface area (Å²) in [4.78, 5) is 22.4. The van der Waals surface area contributed by atoms with Crippen LogP contribution in [0.3, 0.4) is 0 Å². The van der Waals surface area contributed by atoms with Crippen LogP contribution in [0.4, 0.5) is 18.9 Å². The molecular formula is C11H12F3N3O2. The van der Waals surface area contributed by atoms with Gasteiger partial charge in [0, 0.05) is 11.3 Å². The summed E-state index contributed by atoms with van der Waals surface area (Å²) in [5.74, 6) is -1.63. The lowest BCUT2D eigenvalue weighted by Gasteiger charge is -2.13. The molecule has 1 atom stereocenters. The first-order chi connectivity index (χ1) is 8.62. The fraction of sp³-hybridized carbons (Fsp3) is 0.273. The van der Waals surface area contributed by atoms with Crippen LogP contribution < -0.4 is 16.8 Å². The summed E-state index contributed by atoms with van der Waals surface area (Å²) in [6, 6.07) is 1.75. The third-order valence-electron chi connectivity index (χ3n) is 2.40. The number of hydrogen-bond acceptors (Lipinski definition) is 3. The maximum Gasteiger partial charge on any atom is 0.418 e. The number of benzene rings is 1. The number of alkyl halides is 3. The van der Waals surface area contributed by atoms with Gasteiger partial charge in [0.05, 0.1) is 5.56 Å². The zero-order chi connectivity index (χ0) is 14.8. The molecule has 1 aromatic carbocycles. The predicted octanol–water partition coefficient (Wildman–Crippen LogP) is 0.891. The number of carbonyl (C=O) groups is 2. The average molecular weight is 275 g/mol. The summed E-state index contributed by atoms with van der Waals surface area (Å²) in [6.45, 7) is 1.32. The lowest BCUT2D eigenvalue weighted by atomic mass is 10.1. The van der Waals surface area contributed by atoms with Gasteiger partial charge in [0.2, 0.25) is 5.91 Å². The highest BCUT2D eigenvalue weighted by Gasteiger charge is 2.33. The number of anilines is 1. The van der Waals surface area contributed by atoms with Gasteiger partial charge in [-0.25, -0.2) is 0 Å². The van der Waals surface area contributed by atoms with E-state index >= 15 is 0 Å². The highest BCUT2D eigenvalue weighted by Crippen LogP contribution is 2.33. The maximum atomic E-state index is 12.6. The number of nitrogens with two attached hydrogens (primary N) is 2. The average Bonchev–Trinajstić information content (AvgIpc) is 2.27. The molecule has 104 valence electrons. The molecule has 5 N–H and O–H groups in total. The van der Waals surface area contributed by atoms with Gasteiger partial charge in [0.25, 0.3) is 5.91 Å². The highest BCUT2D eigenvalue weighted by atomic mass is 19.4. The fourth-order valence-electron chi connectivity index (χ4n) is 1.29. The Kier molecular flexibility index (Phi) is 4.03. The molecule has 0 bridgehead atoms. The zero-order valence-corrected chi connectivity index (χ0v) is 9.91. The van der Waals surface area contributed by atoms with E-state index in [2.05, 4.69) is 5.32 Å². The Morgan fingerprint density at radius 1 is 1.32 bits per heavy atom. The van der Waals surface area contributed by atoms with Gasteiger partial charge in [-0.2, -0.15) is 13.2 Å². The van der Waals surface area contributed by atoms with E-state index in [1.54, 1.807) is 0 Å². The Balaban J connectivity index is 3.03. The van der Waals surface area contributed by atoms with Crippen LogP contribution in [0.25, 0.3) is 0 Å². The molecule has 0 aliphatic rings. The molecular weight excluding hydrogens is 263 g/mol. The van der Waals surface area contributed by atoms with Crippen LogP contribution in [0.2, 0.25) is 0 Å². The summed E-state index contributed by atoms with van der Waals surface area (Å²) >= 11 is 0. The smallest absolute Gasteiger partial charge is 0.398 e. The van der Waals surface area contributed by atoms with E-state index in [0.29, 0.717) is 6.07 Å². The number of carbonyl (C=O) groups excluding carboxylic acids is 2. The van der Waals surface area contributed by atoms with E-state index in [4.69, 9.17) is 11.5 Å². The molecule has 5 nitrogen and oxygen atoms in total. The largest absolute Gasteiger partial charge is 0.418 e. The van der Waals surface area contributed by atoms with Crippen molar-refractivity contribution in [2.75, 3.05) is 5.73 Å². The lowest BCUT2D eigenvalue weighted by molar-refractivity contribution is -0.137. The van der Waals surface area contributed by atoms with Crippen LogP contribution >= 0.6 is 0 Å². The van der Waals surface area contributed by atoms with E-state index in [1.165, 1.54) is 6.92 Å². The summed E-state index contributed by atoms with van der Waals surface area (Å²) in [5, 5.41) is 2.17. The molecule has 1 rings (SSSR count). The molecule has 0 aliphatic heterocycles. The van der Waals surface area contributed by atoms with Gasteiger partial charge >= 0.3 is 6.18 Å². The molecule has 0 aromatic heterocycles. The van der Waals surface area contributed by atoms with E-state index in [-0.39, 0.29) is 5.56 Å². The first-order valence-corrected chi connectivity index (χ1v) is 5.20. The van der Waals surface area contributed by atoms with Crippen LogP contribution in [-0.2, 0) is 11.0 Å². The molecule has 0 aliphatic carbocycles. The van der Waals surface area contributed by atoms with Crippen molar-refractivity contribution in [3.8, 4) is 0 Å². The summed E-state index contributed by atoms with van der Waals surface area (Å²) in [6.07, 6.45) is -4.66. The van der Waals surface area contributed by atoms with Crippen molar-refractivity contribution in [3.05, 3.63) is 29.3 Å². The van der Waals surface area contributed by atoms with Crippen LogP contribution in [0.15, 0.2) is 18.2 Å². The number of hydrogen-bond donors (Lipinski definition) is 3. The van der Waals surface area contributed by atoms with Crippen molar-refractivity contribution in [2.45, 2.75) is 19.1 Å². The second-order valence-corrected chi connectivity index (χ2v) is 3.90. The standard InChI is InChI=1S/C11H12F3N3O2/c1-5(9(16)18)17-10(19)6-2-3-8(15)7(4-6)11(12,13)14/h2-5H,15H2,1H3,(H2,16,18)(H,17,19). The molecule has 0 fully saturated rings. The monoisotopic (exact) mass is 275 g/mol. The zero-order valence-electron chi connectivity index (χ0n) is 9.91. The van der Waals surface area contributed by atoms with Crippen molar-refractivity contribution < 1.29 is 22.8 Å². The second-order valence-electron chi connectivity index (χ2n) is 3.90. The van der Waals surface area contributed by atoms with Gasteiger partial charge < -0.3 is 16.8 Å². The van der Waals surface area contributed by atoms with Crippen LogP contribution in [0.1, 0.15) is 22.8 Å². The molecule has 2 amide bonds. The number of primary amides is 1. The summed E-state index contributed by atoms with van der Waals surface area (Å²) in [7, 11) is 0. The first-order valence-electron chi connectivity index (χ1n) is 5.20. The third-order valence-corrected chi connectivity index (χ3v) is 2.40. The number of rotatable bonds is 3. The van der Waals surface area contributed by atoms with Crippen LogP contribution in [0, 0.1) is 0 Å². The van der Waals surface area contributed by atoms with E-state index in [9.17, 15) is 22.8 Å². The molecule has 0 heterocycles. The lowest BCUT2D eigenvalue weighted by Crippen LogP contribution is -2.42. The Morgan fingerprint density at radius 3 is 2.37 bits per heavy atom. The SMILES string of the molecule is CC(NC(=O)c1ccc(N)c(C(F)(F)F)c1)C(N)=O. The van der Waals surface area contributed by atoms with Crippen molar-refractivity contribution in [1.82, 2.24) is 5.32 Å². The Morgan fingerprint density at radius 2 is 1.89 bits per heavy atom. The number of nitrogen functional groups attached to an aromatic ring is 1. The summed E-state index contributed by atoms with van der Waals surface area (Å²) in [5.41, 5.74) is 8.29. The Bertz CT molecular complexity index is 514. The van der Waals surface area contributed by atoms with Gasteiger partial charge in [-0.05, 0) is 25.1 Å². The van der Waals surface area contributed by atoms with Gasteiger partial charge in [0.15, 0.2) is 0 Å². The van der Waals surface area contributed by atoms with Crippen molar-refractivity contribution in [3.63, 3.8) is 0 Å². The van der Waals surface area contributed by atoms with Crippen LogP contribution in [-0.4, -0.2) is 17.9 Å². The molecule has 0 spiro atoms. The van der Waals surface area contributed by atoms with Gasteiger partial charge in [0.1, 0.15) is 6.04 Å². The molecule has 1 aromatic rings. The minimum absolute atomic E-state index is 0.255. The van der Waals surface area contributed by atoms with Crippen LogP contribution in [0.5, 0.6) is 0 Å². The number of nitrogens with one attached hydrogen (secondary N) is 1. The van der Waals surface area contributed by atoms with Crippen molar-refractivity contribution in [2.24, 2.45) is 5.73 Å². The quantitative estimate of drug-likeness (QED) is 0.714. The molecule has 0 saturated carbocycles. The van der Waals surface area contributed by atoms with Gasteiger partial charge in [-0.1, -0.05) is 0 Å². The maximum absolute atomic E-state index is 12.6. The van der Waals surface area contributed by atoms with Crippen molar-refractivity contribution in [1.29, 1.82) is 0 Å². The predicted molar refractivity (Wildman–Crippen MR) is 62.0 cm³/mol. The first kappa shape index (κ1) is 14.8. The molecule has 0 saturated heterocycles. The number of halogens is 3. The highest BCUT2D eigenvalue weighted by molar-refractivity contribution is 5.97. The third kappa shape index (κ3) is 3.60. The van der Waals surface area contributed by atoms with Gasteiger partial charge in [-0.3, -0.25) is 9.59 Å².